The molecule has 0 aliphatic rings. The molecule has 0 aliphatic heterocycles. The maximum atomic E-state index is 13.3. The topological polar surface area (TPSA) is 66.5 Å². The van der Waals surface area contributed by atoms with Gasteiger partial charge in [-0.3, -0.25) is 9.10 Å². The van der Waals surface area contributed by atoms with E-state index in [9.17, 15) is 17.6 Å². The number of aryl methyl sites for hydroxylation is 1. The van der Waals surface area contributed by atoms with Crippen LogP contribution in [0.4, 0.5) is 15.8 Å². The maximum Gasteiger partial charge on any atom is 0.264 e. The van der Waals surface area contributed by atoms with Crippen LogP contribution in [-0.2, 0) is 14.8 Å². The summed E-state index contributed by atoms with van der Waals surface area (Å²) in [7, 11) is -4.09. The van der Waals surface area contributed by atoms with Gasteiger partial charge in [-0.15, -0.1) is 11.8 Å². The van der Waals surface area contributed by atoms with Crippen LogP contribution in [0.5, 0.6) is 0 Å². The van der Waals surface area contributed by atoms with Crippen molar-refractivity contribution in [1.82, 2.24) is 0 Å². The lowest BCUT2D eigenvalue weighted by molar-refractivity contribution is -0.114. The summed E-state index contributed by atoms with van der Waals surface area (Å²) in [5.41, 5.74) is 1.93. The number of para-hydroxylation sites is 1. The van der Waals surface area contributed by atoms with Gasteiger partial charge in [-0.25, -0.2) is 12.8 Å². The van der Waals surface area contributed by atoms with Gasteiger partial charge in [-0.1, -0.05) is 36.8 Å². The van der Waals surface area contributed by atoms with Crippen molar-refractivity contribution >= 4 is 39.1 Å². The summed E-state index contributed by atoms with van der Waals surface area (Å²) in [5.74, 6) is -0.180. The molecule has 0 aliphatic carbocycles. The van der Waals surface area contributed by atoms with Crippen molar-refractivity contribution in [2.45, 2.75) is 23.6 Å². The Bertz CT molecular complexity index is 1150. The number of hydrogen-bond acceptors (Lipinski definition) is 4. The van der Waals surface area contributed by atoms with Crippen LogP contribution in [0.15, 0.2) is 82.6 Å². The van der Waals surface area contributed by atoms with Crippen LogP contribution in [0.25, 0.3) is 0 Å². The van der Waals surface area contributed by atoms with E-state index >= 15 is 0 Å². The molecule has 0 bridgehead atoms. The van der Waals surface area contributed by atoms with Crippen molar-refractivity contribution in [1.29, 1.82) is 0 Å². The van der Waals surface area contributed by atoms with Gasteiger partial charge < -0.3 is 5.32 Å². The highest BCUT2D eigenvalue weighted by Crippen LogP contribution is 2.28. The number of halogens is 1. The van der Waals surface area contributed by atoms with Gasteiger partial charge in [0.05, 0.1) is 16.3 Å². The predicted octanol–water partition coefficient (Wildman–Crippen LogP) is 5.08. The van der Waals surface area contributed by atoms with E-state index in [1.807, 2.05) is 32.0 Å². The number of thioether (sulfide) groups is 1. The van der Waals surface area contributed by atoms with Gasteiger partial charge in [0.1, 0.15) is 12.4 Å². The Hall–Kier alpha value is -2.84. The molecule has 5 nitrogen and oxygen atoms in total. The molecule has 162 valence electrons. The van der Waals surface area contributed by atoms with Crippen LogP contribution in [0.1, 0.15) is 12.5 Å². The number of nitrogens with one attached hydrogen (secondary N) is 1. The van der Waals surface area contributed by atoms with Crippen molar-refractivity contribution in [3.05, 3.63) is 84.2 Å². The molecule has 0 unspecified atom stereocenters. The van der Waals surface area contributed by atoms with Crippen LogP contribution in [0.3, 0.4) is 0 Å². The largest absolute Gasteiger partial charge is 0.323 e. The van der Waals surface area contributed by atoms with E-state index in [1.165, 1.54) is 12.1 Å². The number of rotatable bonds is 8. The van der Waals surface area contributed by atoms with Crippen LogP contribution in [-0.4, -0.2) is 26.6 Å². The number of benzene rings is 3. The minimum atomic E-state index is -4.09. The third kappa shape index (κ3) is 5.65. The molecule has 0 radical (unpaired) electrons. The fourth-order valence-electron chi connectivity index (χ4n) is 2.93. The summed E-state index contributed by atoms with van der Waals surface area (Å²) in [6, 6.07) is 18.7. The highest BCUT2D eigenvalue weighted by Gasteiger charge is 2.27. The third-order valence-electron chi connectivity index (χ3n) is 4.47. The van der Waals surface area contributed by atoms with Gasteiger partial charge >= 0.3 is 0 Å². The molecule has 0 aromatic heterocycles. The van der Waals surface area contributed by atoms with Crippen LogP contribution >= 0.6 is 11.8 Å². The van der Waals surface area contributed by atoms with Gasteiger partial charge in [0.15, 0.2) is 0 Å². The molecule has 0 atom stereocenters. The lowest BCUT2D eigenvalue weighted by Gasteiger charge is -2.24. The molecule has 3 rings (SSSR count). The second-order valence-corrected chi connectivity index (χ2v) is 9.95. The molecule has 3 aromatic rings. The average molecular weight is 459 g/mol. The maximum absolute atomic E-state index is 13.3. The van der Waals surface area contributed by atoms with Gasteiger partial charge in [0, 0.05) is 4.90 Å². The quantitative estimate of drug-likeness (QED) is 0.478. The first kappa shape index (κ1) is 22.8. The molecule has 31 heavy (non-hydrogen) atoms. The van der Waals surface area contributed by atoms with Crippen molar-refractivity contribution in [3.63, 3.8) is 0 Å². The smallest absolute Gasteiger partial charge is 0.264 e. The number of anilines is 2. The Morgan fingerprint density at radius 1 is 1.00 bits per heavy atom. The normalized spacial score (nSPS) is 11.2. The fraction of sp³-hybridized carbons (Fsp3) is 0.174. The predicted molar refractivity (Wildman–Crippen MR) is 124 cm³/mol. The van der Waals surface area contributed by atoms with E-state index in [1.54, 1.807) is 42.1 Å². The molecule has 0 fully saturated rings. The second-order valence-electron chi connectivity index (χ2n) is 6.78. The first-order valence-electron chi connectivity index (χ1n) is 9.68. The average Bonchev–Trinajstić information content (AvgIpc) is 2.75. The number of carbonyl (C=O) groups excluding carboxylic acids is 1. The number of hydrogen-bond donors (Lipinski definition) is 1. The summed E-state index contributed by atoms with van der Waals surface area (Å²) in [6.45, 7) is 3.48. The number of nitrogens with zero attached hydrogens (tertiary/aromatic N) is 1. The summed E-state index contributed by atoms with van der Waals surface area (Å²) in [6.07, 6.45) is 0. The van der Waals surface area contributed by atoms with Crippen molar-refractivity contribution in [2.24, 2.45) is 0 Å². The standard InChI is InChI=1S/C23H23FN2O3S2/c1-3-30-22-7-5-4-6-21(22)25-23(27)16-26(19-12-8-17(2)9-13-19)31(28,29)20-14-10-18(24)11-15-20/h4-15H,3,16H2,1-2H3,(H,25,27). The fourth-order valence-corrected chi connectivity index (χ4v) is 5.11. The minimum absolute atomic E-state index is 0.0933. The Morgan fingerprint density at radius 3 is 2.29 bits per heavy atom. The zero-order valence-corrected chi connectivity index (χ0v) is 18.8. The van der Waals surface area contributed by atoms with E-state index in [4.69, 9.17) is 0 Å². The molecule has 8 heteroatoms. The van der Waals surface area contributed by atoms with Gasteiger partial charge in [-0.05, 0) is 61.2 Å². The van der Waals surface area contributed by atoms with Gasteiger partial charge in [-0.2, -0.15) is 0 Å². The van der Waals surface area contributed by atoms with E-state index in [0.29, 0.717) is 11.4 Å². The van der Waals surface area contributed by atoms with Crippen molar-refractivity contribution < 1.29 is 17.6 Å². The molecule has 0 heterocycles. The summed E-state index contributed by atoms with van der Waals surface area (Å²) in [4.78, 5) is 13.7. The second kappa shape index (κ2) is 9.98. The molecule has 0 saturated heterocycles. The van der Waals surface area contributed by atoms with Crippen LogP contribution in [0, 0.1) is 12.7 Å². The zero-order chi connectivity index (χ0) is 22.4. The van der Waals surface area contributed by atoms with Gasteiger partial charge in [0.2, 0.25) is 5.91 Å². The summed E-state index contributed by atoms with van der Waals surface area (Å²) in [5, 5.41) is 2.81. The summed E-state index contributed by atoms with van der Waals surface area (Å²) < 4.78 is 41.0. The van der Waals surface area contributed by atoms with E-state index in [0.717, 1.165) is 32.6 Å². The minimum Gasteiger partial charge on any atom is -0.323 e. The molecule has 1 amide bonds. The van der Waals surface area contributed by atoms with Crippen LogP contribution in [0.2, 0.25) is 0 Å². The Labute approximate surface area is 186 Å². The lowest BCUT2D eigenvalue weighted by atomic mass is 10.2. The van der Waals surface area contributed by atoms with Gasteiger partial charge in [0.25, 0.3) is 10.0 Å². The SMILES string of the molecule is CCSc1ccccc1NC(=O)CN(c1ccc(C)cc1)S(=O)(=O)c1ccc(F)cc1. The number of sulfonamides is 1. The molecule has 1 N–H and O–H groups in total. The molecule has 0 saturated carbocycles. The van der Waals surface area contributed by atoms with E-state index < -0.39 is 28.3 Å². The molecule has 3 aromatic carbocycles. The first-order valence-corrected chi connectivity index (χ1v) is 12.1. The van der Waals surface area contributed by atoms with E-state index in [-0.39, 0.29) is 4.90 Å². The Balaban J connectivity index is 1.93. The van der Waals surface area contributed by atoms with Crippen molar-refractivity contribution in [3.8, 4) is 0 Å². The van der Waals surface area contributed by atoms with Crippen LogP contribution < -0.4 is 9.62 Å². The highest BCUT2D eigenvalue weighted by molar-refractivity contribution is 7.99. The molecule has 0 spiro atoms. The van der Waals surface area contributed by atoms with E-state index in [2.05, 4.69) is 5.32 Å². The van der Waals surface area contributed by atoms with Crippen molar-refractivity contribution in [2.75, 3.05) is 21.9 Å². The third-order valence-corrected chi connectivity index (χ3v) is 7.22. The molecular formula is C23H23FN2O3S2. The monoisotopic (exact) mass is 458 g/mol. The lowest BCUT2D eigenvalue weighted by Crippen LogP contribution is -2.38. The Kier molecular flexibility index (Phi) is 7.35. The molecular weight excluding hydrogens is 435 g/mol. The first-order chi connectivity index (χ1) is 14.8. The Morgan fingerprint density at radius 2 is 1.65 bits per heavy atom. The number of carbonyl (C=O) groups is 1. The zero-order valence-electron chi connectivity index (χ0n) is 17.2. The number of amides is 1. The summed E-state index contributed by atoms with van der Waals surface area (Å²) >= 11 is 1.58. The highest BCUT2D eigenvalue weighted by atomic mass is 32.2.